The molecule has 0 saturated carbocycles. The first kappa shape index (κ1) is 14.3. The van der Waals surface area contributed by atoms with Gasteiger partial charge in [0.15, 0.2) is 5.82 Å². The van der Waals surface area contributed by atoms with Crippen LogP contribution in [0.1, 0.15) is 25.5 Å². The Hall–Kier alpha value is -1.07. The van der Waals surface area contributed by atoms with E-state index >= 15 is 0 Å². The molecule has 0 amide bonds. The summed E-state index contributed by atoms with van der Waals surface area (Å²) in [7, 11) is 0. The first-order valence-corrected chi connectivity index (χ1v) is 7.23. The molecule has 0 bridgehead atoms. The van der Waals surface area contributed by atoms with Gasteiger partial charge >= 0.3 is 0 Å². The van der Waals surface area contributed by atoms with Gasteiger partial charge in [-0.1, -0.05) is 6.92 Å². The van der Waals surface area contributed by atoms with E-state index in [1.165, 1.54) is 25.9 Å². The van der Waals surface area contributed by atoms with Gasteiger partial charge < -0.3 is 16.0 Å². The summed E-state index contributed by atoms with van der Waals surface area (Å²) in [5, 5.41) is 3.56. The van der Waals surface area contributed by atoms with Crippen LogP contribution in [0.3, 0.4) is 0 Å². The zero-order valence-corrected chi connectivity index (χ0v) is 12.4. The number of hydrogen-bond donors (Lipinski definition) is 2. The predicted molar refractivity (Wildman–Crippen MR) is 79.5 cm³/mol. The summed E-state index contributed by atoms with van der Waals surface area (Å²) >= 11 is 5.86. The minimum absolute atomic E-state index is 0.245. The van der Waals surface area contributed by atoms with E-state index in [9.17, 15) is 0 Å². The van der Waals surface area contributed by atoms with Gasteiger partial charge in [-0.15, -0.1) is 0 Å². The third-order valence-electron chi connectivity index (χ3n) is 3.82. The molecule has 0 unspecified atom stereocenters. The van der Waals surface area contributed by atoms with Crippen LogP contribution >= 0.6 is 11.6 Å². The highest BCUT2D eigenvalue weighted by molar-refractivity contribution is 6.28. The summed E-state index contributed by atoms with van der Waals surface area (Å²) in [6, 6.07) is 0. The predicted octanol–water partition coefficient (Wildman–Crippen LogP) is 2.16. The molecule has 1 aromatic heterocycles. The Bertz CT molecular complexity index is 429. The van der Waals surface area contributed by atoms with E-state index in [0.29, 0.717) is 17.4 Å². The van der Waals surface area contributed by atoms with E-state index in [1.807, 2.05) is 6.92 Å². The molecular formula is C13H22ClN5. The van der Waals surface area contributed by atoms with Crippen molar-refractivity contribution < 1.29 is 0 Å². The number of piperidine rings is 1. The molecule has 6 heteroatoms. The molecule has 0 atom stereocenters. The molecule has 2 rings (SSSR count). The van der Waals surface area contributed by atoms with E-state index in [-0.39, 0.29) is 5.28 Å². The summed E-state index contributed by atoms with van der Waals surface area (Å²) in [6.45, 7) is 8.46. The number of nitrogens with one attached hydrogen (secondary N) is 1. The molecule has 1 aliphatic heterocycles. The monoisotopic (exact) mass is 283 g/mol. The Balaban J connectivity index is 1.89. The van der Waals surface area contributed by atoms with E-state index in [2.05, 4.69) is 27.1 Å². The van der Waals surface area contributed by atoms with Crippen molar-refractivity contribution in [3.63, 3.8) is 0 Å². The minimum atomic E-state index is 0.245. The third kappa shape index (κ3) is 3.70. The lowest BCUT2D eigenvalue weighted by Gasteiger charge is -2.31. The van der Waals surface area contributed by atoms with Crippen molar-refractivity contribution in [3.05, 3.63) is 11.0 Å². The topological polar surface area (TPSA) is 67.1 Å². The lowest BCUT2D eigenvalue weighted by Crippen LogP contribution is -2.35. The zero-order valence-electron chi connectivity index (χ0n) is 11.6. The fourth-order valence-electron chi connectivity index (χ4n) is 2.43. The summed E-state index contributed by atoms with van der Waals surface area (Å²) in [5.74, 6) is 1.34. The summed E-state index contributed by atoms with van der Waals surface area (Å²) in [5.41, 5.74) is 7.27. The maximum absolute atomic E-state index is 5.96. The molecule has 0 spiro atoms. The number of rotatable bonds is 4. The van der Waals surface area contributed by atoms with Crippen LogP contribution in [0.15, 0.2) is 0 Å². The maximum Gasteiger partial charge on any atom is 0.224 e. The Morgan fingerprint density at radius 1 is 1.37 bits per heavy atom. The second-order valence-corrected chi connectivity index (χ2v) is 5.44. The van der Waals surface area contributed by atoms with E-state index in [0.717, 1.165) is 18.8 Å². The van der Waals surface area contributed by atoms with Gasteiger partial charge in [0.25, 0.3) is 0 Å². The van der Waals surface area contributed by atoms with Crippen LogP contribution in [-0.4, -0.2) is 41.0 Å². The Labute approximate surface area is 119 Å². The van der Waals surface area contributed by atoms with Gasteiger partial charge in [-0.2, -0.15) is 4.98 Å². The van der Waals surface area contributed by atoms with Crippen LogP contribution in [0.25, 0.3) is 0 Å². The van der Waals surface area contributed by atoms with E-state index < -0.39 is 0 Å². The van der Waals surface area contributed by atoms with Crippen LogP contribution in [0, 0.1) is 12.8 Å². The second-order valence-electron chi connectivity index (χ2n) is 5.10. The largest absolute Gasteiger partial charge is 0.394 e. The number of nitrogen functional groups attached to an aromatic ring is 1. The standard InChI is InChI=1S/C13H22ClN5/c1-3-19-6-4-10(5-7-19)8-16-12-11(15)9(2)17-13(14)18-12/h10H,3-8,15H2,1-2H3,(H,16,17,18). The van der Waals surface area contributed by atoms with Crippen molar-refractivity contribution >= 4 is 23.1 Å². The molecule has 1 aliphatic rings. The summed E-state index contributed by atoms with van der Waals surface area (Å²) < 4.78 is 0. The number of aromatic nitrogens is 2. The lowest BCUT2D eigenvalue weighted by molar-refractivity contribution is 0.198. The smallest absolute Gasteiger partial charge is 0.224 e. The van der Waals surface area contributed by atoms with Crippen molar-refractivity contribution in [2.75, 3.05) is 37.2 Å². The number of aryl methyl sites for hydroxylation is 1. The van der Waals surface area contributed by atoms with Crippen LogP contribution in [0.4, 0.5) is 11.5 Å². The Morgan fingerprint density at radius 3 is 2.68 bits per heavy atom. The van der Waals surface area contributed by atoms with Crippen LogP contribution in [-0.2, 0) is 0 Å². The zero-order chi connectivity index (χ0) is 13.8. The SMILES string of the molecule is CCN1CCC(CNc2nc(Cl)nc(C)c2N)CC1. The van der Waals surface area contributed by atoms with Crippen molar-refractivity contribution in [3.8, 4) is 0 Å². The van der Waals surface area contributed by atoms with Crippen molar-refractivity contribution in [1.29, 1.82) is 0 Å². The van der Waals surface area contributed by atoms with Gasteiger partial charge in [0.1, 0.15) is 0 Å². The highest BCUT2D eigenvalue weighted by Crippen LogP contribution is 2.22. The number of nitrogens with zero attached hydrogens (tertiary/aromatic N) is 3. The fourth-order valence-corrected chi connectivity index (χ4v) is 2.64. The third-order valence-corrected chi connectivity index (χ3v) is 3.99. The summed E-state index contributed by atoms with van der Waals surface area (Å²) in [4.78, 5) is 10.7. The van der Waals surface area contributed by atoms with Crippen molar-refractivity contribution in [2.45, 2.75) is 26.7 Å². The molecule has 19 heavy (non-hydrogen) atoms. The Kier molecular flexibility index (Phi) is 4.82. The number of halogens is 1. The molecule has 3 N–H and O–H groups in total. The number of nitrogens with two attached hydrogens (primary N) is 1. The molecule has 106 valence electrons. The fraction of sp³-hybridized carbons (Fsp3) is 0.692. The molecular weight excluding hydrogens is 262 g/mol. The average molecular weight is 284 g/mol. The average Bonchev–Trinajstić information content (AvgIpc) is 2.41. The molecule has 0 radical (unpaired) electrons. The van der Waals surface area contributed by atoms with E-state index in [4.69, 9.17) is 17.3 Å². The maximum atomic E-state index is 5.96. The van der Waals surface area contributed by atoms with Crippen molar-refractivity contribution in [2.24, 2.45) is 5.92 Å². The van der Waals surface area contributed by atoms with Crippen LogP contribution in [0.2, 0.25) is 5.28 Å². The highest BCUT2D eigenvalue weighted by atomic mass is 35.5. The molecule has 1 saturated heterocycles. The molecule has 0 aliphatic carbocycles. The Morgan fingerprint density at radius 2 is 2.05 bits per heavy atom. The first-order valence-electron chi connectivity index (χ1n) is 6.86. The van der Waals surface area contributed by atoms with Gasteiger partial charge in [-0.3, -0.25) is 0 Å². The number of hydrogen-bond acceptors (Lipinski definition) is 5. The quantitative estimate of drug-likeness (QED) is 0.829. The van der Waals surface area contributed by atoms with Crippen LogP contribution in [0.5, 0.6) is 0 Å². The van der Waals surface area contributed by atoms with Gasteiger partial charge in [0.2, 0.25) is 5.28 Å². The minimum Gasteiger partial charge on any atom is -0.394 e. The molecule has 1 aromatic rings. The summed E-state index contributed by atoms with van der Waals surface area (Å²) in [6.07, 6.45) is 2.44. The van der Waals surface area contributed by atoms with Crippen molar-refractivity contribution in [1.82, 2.24) is 14.9 Å². The van der Waals surface area contributed by atoms with Gasteiger partial charge in [-0.25, -0.2) is 4.98 Å². The van der Waals surface area contributed by atoms with Gasteiger partial charge in [0.05, 0.1) is 11.4 Å². The van der Waals surface area contributed by atoms with Gasteiger partial charge in [0, 0.05) is 6.54 Å². The molecule has 1 fully saturated rings. The normalized spacial score (nSPS) is 17.6. The molecule has 0 aromatic carbocycles. The van der Waals surface area contributed by atoms with Gasteiger partial charge in [-0.05, 0) is 56.9 Å². The second kappa shape index (κ2) is 6.39. The molecule has 2 heterocycles. The lowest BCUT2D eigenvalue weighted by atomic mass is 9.97. The van der Waals surface area contributed by atoms with E-state index in [1.54, 1.807) is 0 Å². The van der Waals surface area contributed by atoms with Crippen LogP contribution < -0.4 is 11.1 Å². The molecule has 5 nitrogen and oxygen atoms in total. The first-order chi connectivity index (χ1) is 9.10. The number of anilines is 2. The number of likely N-dealkylation sites (tertiary alicyclic amines) is 1. The highest BCUT2D eigenvalue weighted by Gasteiger charge is 2.18.